The molecule has 3 aromatic rings. The maximum atomic E-state index is 12.2. The van der Waals surface area contributed by atoms with E-state index in [1.807, 2.05) is 0 Å². The molecule has 1 aromatic heterocycles. The fourth-order valence-electron chi connectivity index (χ4n) is 2.63. The molecule has 0 saturated carbocycles. The Hall–Kier alpha value is -3.62. The van der Waals surface area contributed by atoms with Gasteiger partial charge in [0.25, 0.3) is 0 Å². The Morgan fingerprint density at radius 2 is 1.74 bits per heavy atom. The molecule has 0 aliphatic heterocycles. The van der Waals surface area contributed by atoms with Crippen LogP contribution in [0.3, 0.4) is 0 Å². The molecule has 3 rings (SSSR count). The minimum absolute atomic E-state index is 0.129. The summed E-state index contributed by atoms with van der Waals surface area (Å²) in [6.45, 7) is 0.129. The van der Waals surface area contributed by atoms with Crippen LogP contribution in [0.25, 0.3) is 10.9 Å². The third-order valence-corrected chi connectivity index (χ3v) is 3.90. The van der Waals surface area contributed by atoms with E-state index in [-0.39, 0.29) is 6.54 Å². The zero-order valence-corrected chi connectivity index (χ0v) is 15.1. The predicted octanol–water partition coefficient (Wildman–Crippen LogP) is 1.69. The number of carbonyl (C=O) groups excluding carboxylic acids is 1. The minimum atomic E-state index is -0.794. The average Bonchev–Trinajstić information content (AvgIpc) is 3.01. The molecule has 1 amide bonds. The normalized spacial score (nSPS) is 10.5. The first-order valence-electron chi connectivity index (χ1n) is 8.02. The number of aromatic nitrogens is 2. The number of aromatic amines is 1. The molecule has 0 fully saturated rings. The van der Waals surface area contributed by atoms with Gasteiger partial charge in [-0.05, 0) is 29.8 Å². The molecule has 0 aliphatic carbocycles. The quantitative estimate of drug-likeness (QED) is 0.682. The summed E-state index contributed by atoms with van der Waals surface area (Å²) in [4.78, 5) is 30.0. The first-order valence-corrected chi connectivity index (χ1v) is 8.02. The van der Waals surface area contributed by atoms with E-state index in [9.17, 15) is 9.59 Å². The maximum Gasteiger partial charge on any atom is 0.433 e. The van der Waals surface area contributed by atoms with E-state index in [4.69, 9.17) is 19.0 Å². The highest BCUT2D eigenvalue weighted by Crippen LogP contribution is 2.38. The Bertz CT molecular complexity index is 998. The molecule has 0 aliphatic rings. The second-order valence-corrected chi connectivity index (χ2v) is 5.52. The number of hydrogen-bond donors (Lipinski definition) is 2. The van der Waals surface area contributed by atoms with Crippen molar-refractivity contribution in [1.29, 1.82) is 0 Å². The Labute approximate surface area is 154 Å². The number of H-pyrrole nitrogens is 1. The summed E-state index contributed by atoms with van der Waals surface area (Å²) in [7, 11) is 4.52. The van der Waals surface area contributed by atoms with Gasteiger partial charge in [0.2, 0.25) is 5.75 Å². The fraction of sp³-hybridized carbons (Fsp3) is 0.222. The molecule has 0 bridgehead atoms. The van der Waals surface area contributed by atoms with Crippen LogP contribution in [0, 0.1) is 0 Å². The molecule has 0 unspecified atom stereocenters. The number of ether oxygens (including phenoxy) is 3. The first-order chi connectivity index (χ1) is 13.1. The first kappa shape index (κ1) is 18.2. The third-order valence-electron chi connectivity index (χ3n) is 3.90. The summed E-state index contributed by atoms with van der Waals surface area (Å²) < 4.78 is 15.8. The van der Waals surface area contributed by atoms with Gasteiger partial charge in [-0.15, -0.1) is 0 Å². The SMILES string of the molecule is COc1cc(CNC(=O)On2[nH]c3ccccc3c2=O)cc(OC)c1OC. The van der Waals surface area contributed by atoms with Crippen LogP contribution in [-0.4, -0.2) is 37.4 Å². The van der Waals surface area contributed by atoms with Gasteiger partial charge in [-0.3, -0.25) is 14.7 Å². The molecule has 0 spiro atoms. The van der Waals surface area contributed by atoms with Crippen LogP contribution in [0.15, 0.2) is 41.2 Å². The number of nitrogens with zero attached hydrogens (tertiary/aromatic N) is 1. The number of benzene rings is 2. The van der Waals surface area contributed by atoms with Crippen LogP contribution in [0.2, 0.25) is 0 Å². The lowest BCUT2D eigenvalue weighted by molar-refractivity contribution is 0.112. The lowest BCUT2D eigenvalue weighted by Crippen LogP contribution is -2.36. The van der Waals surface area contributed by atoms with Crippen molar-refractivity contribution in [1.82, 2.24) is 15.3 Å². The van der Waals surface area contributed by atoms with Crippen molar-refractivity contribution < 1.29 is 23.8 Å². The monoisotopic (exact) mass is 373 g/mol. The zero-order chi connectivity index (χ0) is 19.4. The van der Waals surface area contributed by atoms with Crippen molar-refractivity contribution in [2.75, 3.05) is 21.3 Å². The van der Waals surface area contributed by atoms with E-state index < -0.39 is 11.7 Å². The molecule has 27 heavy (non-hydrogen) atoms. The third kappa shape index (κ3) is 3.66. The van der Waals surface area contributed by atoms with Gasteiger partial charge in [0.05, 0.1) is 32.2 Å². The van der Waals surface area contributed by atoms with Crippen LogP contribution < -0.4 is 29.9 Å². The van der Waals surface area contributed by atoms with Crippen LogP contribution in [-0.2, 0) is 6.54 Å². The maximum absolute atomic E-state index is 12.2. The van der Waals surface area contributed by atoms with Gasteiger partial charge in [-0.1, -0.05) is 17.0 Å². The van der Waals surface area contributed by atoms with Crippen LogP contribution >= 0.6 is 0 Å². The van der Waals surface area contributed by atoms with Gasteiger partial charge in [0, 0.05) is 6.54 Å². The summed E-state index contributed by atoms with van der Waals surface area (Å²) in [5.74, 6) is 1.39. The molecule has 9 heteroatoms. The largest absolute Gasteiger partial charge is 0.493 e. The van der Waals surface area contributed by atoms with Crippen molar-refractivity contribution in [2.45, 2.75) is 6.54 Å². The van der Waals surface area contributed by atoms with Crippen molar-refractivity contribution in [2.24, 2.45) is 0 Å². The van der Waals surface area contributed by atoms with Gasteiger partial charge < -0.3 is 19.5 Å². The molecule has 0 radical (unpaired) electrons. The number of para-hydroxylation sites is 1. The summed E-state index contributed by atoms with van der Waals surface area (Å²) in [5.41, 5.74) is 0.818. The number of hydrogen-bond acceptors (Lipinski definition) is 6. The predicted molar refractivity (Wildman–Crippen MR) is 97.5 cm³/mol. The summed E-state index contributed by atoms with van der Waals surface area (Å²) in [5, 5.41) is 5.70. The molecular formula is C18H19N3O6. The molecular weight excluding hydrogens is 354 g/mol. The summed E-state index contributed by atoms with van der Waals surface area (Å²) in [6, 6.07) is 10.3. The Morgan fingerprint density at radius 1 is 1.07 bits per heavy atom. The van der Waals surface area contributed by atoms with E-state index >= 15 is 0 Å². The fourth-order valence-corrected chi connectivity index (χ4v) is 2.63. The highest BCUT2D eigenvalue weighted by atomic mass is 16.7. The van der Waals surface area contributed by atoms with Gasteiger partial charge in [-0.25, -0.2) is 4.79 Å². The number of rotatable bonds is 6. The van der Waals surface area contributed by atoms with E-state index in [1.54, 1.807) is 36.4 Å². The number of nitrogens with one attached hydrogen (secondary N) is 2. The van der Waals surface area contributed by atoms with Crippen molar-refractivity contribution in [3.05, 3.63) is 52.3 Å². The number of methoxy groups -OCH3 is 3. The molecule has 0 saturated heterocycles. The lowest BCUT2D eigenvalue weighted by Gasteiger charge is -2.14. The molecule has 2 aromatic carbocycles. The molecule has 2 N–H and O–H groups in total. The van der Waals surface area contributed by atoms with Crippen LogP contribution in [0.1, 0.15) is 5.56 Å². The van der Waals surface area contributed by atoms with Gasteiger partial charge in [0.15, 0.2) is 11.5 Å². The molecule has 0 atom stereocenters. The second-order valence-electron chi connectivity index (χ2n) is 5.52. The highest BCUT2D eigenvalue weighted by Gasteiger charge is 2.15. The van der Waals surface area contributed by atoms with Crippen molar-refractivity contribution >= 4 is 17.0 Å². The minimum Gasteiger partial charge on any atom is -0.493 e. The average molecular weight is 373 g/mol. The van der Waals surface area contributed by atoms with Gasteiger partial charge in [0.1, 0.15) is 0 Å². The smallest absolute Gasteiger partial charge is 0.433 e. The lowest BCUT2D eigenvalue weighted by atomic mass is 10.2. The van der Waals surface area contributed by atoms with Gasteiger partial charge >= 0.3 is 11.7 Å². The van der Waals surface area contributed by atoms with Crippen LogP contribution in [0.5, 0.6) is 17.2 Å². The van der Waals surface area contributed by atoms with E-state index in [1.165, 1.54) is 21.3 Å². The Morgan fingerprint density at radius 3 is 2.33 bits per heavy atom. The molecule has 1 heterocycles. The van der Waals surface area contributed by atoms with Gasteiger partial charge in [-0.2, -0.15) is 0 Å². The summed E-state index contributed by atoms with van der Waals surface area (Å²) >= 11 is 0. The van der Waals surface area contributed by atoms with Crippen LogP contribution in [0.4, 0.5) is 4.79 Å². The number of carbonyl (C=O) groups is 1. The second kappa shape index (κ2) is 7.73. The number of fused-ring (bicyclic) bond motifs is 1. The summed E-state index contributed by atoms with van der Waals surface area (Å²) in [6.07, 6.45) is -0.794. The van der Waals surface area contributed by atoms with Crippen molar-refractivity contribution in [3.8, 4) is 17.2 Å². The standard InChI is InChI=1S/C18H19N3O6/c1-24-14-8-11(9-15(25-2)16(14)26-3)10-19-18(23)27-21-17(22)12-6-4-5-7-13(12)20-21/h4-9,20H,10H2,1-3H3,(H,19,23). The Kier molecular flexibility index (Phi) is 5.20. The van der Waals surface area contributed by atoms with E-state index in [2.05, 4.69) is 10.4 Å². The van der Waals surface area contributed by atoms with E-state index in [0.717, 1.165) is 4.85 Å². The molecule has 142 valence electrons. The van der Waals surface area contributed by atoms with Crippen molar-refractivity contribution in [3.63, 3.8) is 0 Å². The Balaban J connectivity index is 1.72. The molecule has 9 nitrogen and oxygen atoms in total. The zero-order valence-electron chi connectivity index (χ0n) is 15.1. The highest BCUT2D eigenvalue weighted by molar-refractivity contribution is 5.77. The van der Waals surface area contributed by atoms with E-state index in [0.29, 0.717) is 33.7 Å². The number of amides is 1. The topological polar surface area (TPSA) is 104 Å².